The molecule has 15 heavy (non-hydrogen) atoms. The smallest absolute Gasteiger partial charge is 0.289 e. The molecule has 0 saturated carbocycles. The molecule has 0 atom stereocenters. The normalized spacial score (nSPS) is 11.9. The number of rotatable bonds is 2. The van der Waals surface area contributed by atoms with E-state index in [9.17, 15) is 4.79 Å². The maximum Gasteiger partial charge on any atom is 0.289 e. The van der Waals surface area contributed by atoms with Gasteiger partial charge in [-0.2, -0.15) is 0 Å². The molecule has 0 aliphatic carbocycles. The van der Waals surface area contributed by atoms with Crippen LogP contribution in [0.5, 0.6) is 0 Å². The van der Waals surface area contributed by atoms with E-state index in [1.165, 1.54) is 6.39 Å². The van der Waals surface area contributed by atoms with Gasteiger partial charge in [-0.15, -0.1) is 0 Å². The van der Waals surface area contributed by atoms with Crippen molar-refractivity contribution in [2.75, 3.05) is 0 Å². The maximum absolute atomic E-state index is 11.8. The summed E-state index contributed by atoms with van der Waals surface area (Å²) in [7, 11) is 0. The summed E-state index contributed by atoms with van der Waals surface area (Å²) in [6, 6.07) is 0. The van der Waals surface area contributed by atoms with Crippen LogP contribution in [0.4, 0.5) is 0 Å². The molecule has 0 spiro atoms. The van der Waals surface area contributed by atoms with Crippen LogP contribution in [-0.4, -0.2) is 16.4 Å². The third-order valence-corrected chi connectivity index (χ3v) is 1.84. The summed E-state index contributed by atoms with van der Waals surface area (Å²) in [6.45, 7) is 9.74. The van der Waals surface area contributed by atoms with E-state index in [1.54, 1.807) is 0 Å². The van der Waals surface area contributed by atoms with Gasteiger partial charge in [-0.25, -0.2) is 4.98 Å². The number of nitrogens with one attached hydrogen (secondary N) is 1. The van der Waals surface area contributed by atoms with E-state index in [1.807, 2.05) is 34.6 Å². The highest BCUT2D eigenvalue weighted by Crippen LogP contribution is 2.17. The van der Waals surface area contributed by atoms with Crippen molar-refractivity contribution in [2.24, 2.45) is 0 Å². The average Bonchev–Trinajstić information content (AvgIpc) is 2.47. The molecule has 4 nitrogen and oxygen atoms in total. The molecule has 0 aliphatic rings. The van der Waals surface area contributed by atoms with Crippen LogP contribution in [0.25, 0.3) is 0 Å². The monoisotopic (exact) mass is 210 g/mol. The molecule has 1 amide bonds. The summed E-state index contributed by atoms with van der Waals surface area (Å²) in [5, 5.41) is 2.84. The zero-order valence-electron chi connectivity index (χ0n) is 9.92. The lowest BCUT2D eigenvalue weighted by atomic mass is 10.1. The lowest BCUT2D eigenvalue weighted by Crippen LogP contribution is -2.40. The van der Waals surface area contributed by atoms with Crippen LogP contribution in [0, 0.1) is 0 Å². The topological polar surface area (TPSA) is 55.1 Å². The Bertz CT molecular complexity index is 348. The van der Waals surface area contributed by atoms with Crippen molar-refractivity contribution in [2.45, 2.75) is 46.1 Å². The summed E-state index contributed by atoms with van der Waals surface area (Å²) >= 11 is 0. The first-order valence-electron chi connectivity index (χ1n) is 5.07. The molecule has 0 aliphatic heterocycles. The number of hydrogen-bond donors (Lipinski definition) is 1. The first kappa shape index (κ1) is 11.8. The minimum Gasteiger partial charge on any atom is -0.438 e. The number of hydrogen-bond acceptors (Lipinski definition) is 3. The second-order valence-corrected chi connectivity index (χ2v) is 4.93. The number of carbonyl (C=O) groups is 1. The van der Waals surface area contributed by atoms with Crippen molar-refractivity contribution in [3.05, 3.63) is 17.8 Å². The molecular formula is C11H18N2O2. The van der Waals surface area contributed by atoms with Crippen molar-refractivity contribution >= 4 is 5.91 Å². The molecule has 1 aromatic heterocycles. The van der Waals surface area contributed by atoms with Crippen molar-refractivity contribution in [1.82, 2.24) is 10.3 Å². The molecule has 4 heteroatoms. The van der Waals surface area contributed by atoms with Crippen LogP contribution in [-0.2, 0) is 0 Å². The number of nitrogens with zero attached hydrogens (tertiary/aromatic N) is 1. The number of carbonyl (C=O) groups excluding carboxylic acids is 1. The third-order valence-electron chi connectivity index (χ3n) is 1.84. The summed E-state index contributed by atoms with van der Waals surface area (Å²) in [5.74, 6) is 0.299. The van der Waals surface area contributed by atoms with Crippen LogP contribution < -0.4 is 5.32 Å². The van der Waals surface area contributed by atoms with Gasteiger partial charge in [-0.1, -0.05) is 13.8 Å². The van der Waals surface area contributed by atoms with Crippen LogP contribution in [0.1, 0.15) is 56.8 Å². The summed E-state index contributed by atoms with van der Waals surface area (Å²) in [6.07, 6.45) is 1.31. The molecule has 1 N–H and O–H groups in total. The quantitative estimate of drug-likeness (QED) is 0.815. The van der Waals surface area contributed by atoms with Gasteiger partial charge in [0.25, 0.3) is 5.91 Å². The van der Waals surface area contributed by atoms with Gasteiger partial charge in [0, 0.05) is 5.54 Å². The molecule has 84 valence electrons. The Hall–Kier alpha value is -1.32. The van der Waals surface area contributed by atoms with E-state index in [-0.39, 0.29) is 17.4 Å². The minimum atomic E-state index is -0.266. The molecule has 0 unspecified atom stereocenters. The zero-order chi connectivity index (χ0) is 11.6. The molecule has 0 saturated heterocycles. The first-order valence-corrected chi connectivity index (χ1v) is 5.07. The van der Waals surface area contributed by atoms with Crippen LogP contribution in [0.3, 0.4) is 0 Å². The van der Waals surface area contributed by atoms with Crippen LogP contribution in [0.2, 0.25) is 0 Å². The number of aromatic nitrogens is 1. The van der Waals surface area contributed by atoms with Gasteiger partial charge in [0.1, 0.15) is 0 Å². The zero-order valence-corrected chi connectivity index (χ0v) is 9.92. The molecule has 1 rings (SSSR count). The maximum atomic E-state index is 11.8. The van der Waals surface area contributed by atoms with Crippen molar-refractivity contribution < 1.29 is 9.21 Å². The second-order valence-electron chi connectivity index (χ2n) is 4.93. The largest absolute Gasteiger partial charge is 0.438 e. The highest BCUT2D eigenvalue weighted by Gasteiger charge is 2.22. The fourth-order valence-corrected chi connectivity index (χ4v) is 1.23. The first-order chi connectivity index (χ1) is 6.81. The van der Waals surface area contributed by atoms with E-state index in [0.29, 0.717) is 11.5 Å². The Morgan fingerprint density at radius 1 is 1.47 bits per heavy atom. The van der Waals surface area contributed by atoms with E-state index < -0.39 is 0 Å². The SMILES string of the molecule is CC(C)c1ncoc1C(=O)NC(C)(C)C. The van der Waals surface area contributed by atoms with Crippen molar-refractivity contribution in [3.8, 4) is 0 Å². The Labute approximate surface area is 90.1 Å². The number of amides is 1. The summed E-state index contributed by atoms with van der Waals surface area (Å²) < 4.78 is 5.11. The van der Waals surface area contributed by atoms with Gasteiger partial charge in [-0.3, -0.25) is 4.79 Å². The Morgan fingerprint density at radius 2 is 2.07 bits per heavy atom. The standard InChI is InChI=1S/C11H18N2O2/c1-7(2)8-9(15-6-12-8)10(14)13-11(3,4)5/h6-7H,1-5H3,(H,13,14). The van der Waals surface area contributed by atoms with Gasteiger partial charge in [-0.05, 0) is 26.7 Å². The van der Waals surface area contributed by atoms with Crippen molar-refractivity contribution in [1.29, 1.82) is 0 Å². The molecule has 1 heterocycles. The van der Waals surface area contributed by atoms with E-state index >= 15 is 0 Å². The third kappa shape index (κ3) is 3.08. The fourth-order valence-electron chi connectivity index (χ4n) is 1.23. The van der Waals surface area contributed by atoms with Gasteiger partial charge < -0.3 is 9.73 Å². The number of oxazole rings is 1. The average molecular weight is 210 g/mol. The Morgan fingerprint density at radius 3 is 2.53 bits per heavy atom. The molecule has 0 radical (unpaired) electrons. The molecule has 0 aromatic carbocycles. The molecular weight excluding hydrogens is 192 g/mol. The van der Waals surface area contributed by atoms with Crippen LogP contribution in [0.15, 0.2) is 10.8 Å². The summed E-state index contributed by atoms with van der Waals surface area (Å²) in [5.41, 5.74) is 0.440. The van der Waals surface area contributed by atoms with Gasteiger partial charge in [0.15, 0.2) is 6.39 Å². The van der Waals surface area contributed by atoms with E-state index in [0.717, 1.165) is 0 Å². The predicted octanol–water partition coefficient (Wildman–Crippen LogP) is 2.33. The lowest BCUT2D eigenvalue weighted by Gasteiger charge is -2.19. The Kier molecular flexibility index (Phi) is 3.17. The van der Waals surface area contributed by atoms with Crippen LogP contribution >= 0.6 is 0 Å². The highest BCUT2D eigenvalue weighted by atomic mass is 16.3. The van der Waals surface area contributed by atoms with E-state index in [2.05, 4.69) is 10.3 Å². The highest BCUT2D eigenvalue weighted by molar-refractivity contribution is 5.93. The van der Waals surface area contributed by atoms with Gasteiger partial charge >= 0.3 is 0 Å². The Balaban J connectivity index is 2.87. The molecule has 0 bridgehead atoms. The van der Waals surface area contributed by atoms with E-state index in [4.69, 9.17) is 4.42 Å². The molecule has 0 fully saturated rings. The van der Waals surface area contributed by atoms with Crippen molar-refractivity contribution in [3.63, 3.8) is 0 Å². The second kappa shape index (κ2) is 4.04. The summed E-state index contributed by atoms with van der Waals surface area (Å²) in [4.78, 5) is 15.8. The van der Waals surface area contributed by atoms with Gasteiger partial charge in [0.2, 0.25) is 5.76 Å². The fraction of sp³-hybridized carbons (Fsp3) is 0.636. The lowest BCUT2D eigenvalue weighted by molar-refractivity contribution is 0.0889. The molecule has 1 aromatic rings. The van der Waals surface area contributed by atoms with Gasteiger partial charge in [0.05, 0.1) is 5.69 Å². The predicted molar refractivity (Wildman–Crippen MR) is 57.8 cm³/mol. The minimum absolute atomic E-state index is 0.185.